The van der Waals surface area contributed by atoms with Crippen molar-refractivity contribution in [2.24, 2.45) is 0 Å². The molecule has 25 heavy (non-hydrogen) atoms. The van der Waals surface area contributed by atoms with Crippen molar-refractivity contribution in [2.75, 3.05) is 5.75 Å². The zero-order valence-electron chi connectivity index (χ0n) is 14.6. The molecule has 0 spiro atoms. The minimum atomic E-state index is -0.603. The number of ether oxygens (including phenoxy) is 1. The molecule has 0 bridgehead atoms. The van der Waals surface area contributed by atoms with Crippen LogP contribution in [0.4, 0.5) is 4.79 Å². The molecule has 2 aromatic rings. The summed E-state index contributed by atoms with van der Waals surface area (Å²) in [5, 5.41) is 4.67. The van der Waals surface area contributed by atoms with Crippen molar-refractivity contribution in [1.29, 1.82) is 0 Å². The largest absolute Gasteiger partial charge is 0.468 e. The number of amides is 1. The molecule has 0 aliphatic carbocycles. The molecule has 0 aliphatic rings. The number of Topliss-reactive ketones (excluding diaryl/α,β-unsaturated/α-hetero) is 1. The van der Waals surface area contributed by atoms with Gasteiger partial charge in [-0.3, -0.25) is 4.79 Å². The molecule has 0 aromatic carbocycles. The minimum absolute atomic E-state index is 0.0317. The Kier molecular flexibility index (Phi) is 7.13. The molecule has 2 heterocycles. The number of rotatable bonds is 8. The molecule has 1 N–H and O–H groups in total. The lowest BCUT2D eigenvalue weighted by molar-refractivity contribution is -0.118. The predicted molar refractivity (Wildman–Crippen MR) is 101 cm³/mol. The summed E-state index contributed by atoms with van der Waals surface area (Å²) in [7, 11) is 0. The molecule has 0 saturated carbocycles. The van der Waals surface area contributed by atoms with Crippen molar-refractivity contribution < 1.29 is 18.7 Å². The maximum Gasteiger partial charge on any atom is 0.408 e. The molecular formula is C18H23NO4S2. The van der Waals surface area contributed by atoms with Crippen LogP contribution in [0.25, 0.3) is 0 Å². The molecule has 2 rings (SSSR count). The normalized spacial score (nSPS) is 12.6. The molecule has 2 aromatic heterocycles. The number of carbonyl (C=O) groups is 2. The average Bonchev–Trinajstić information content (AvgIpc) is 3.17. The van der Waals surface area contributed by atoms with Crippen molar-refractivity contribution in [1.82, 2.24) is 5.32 Å². The van der Waals surface area contributed by atoms with E-state index in [1.165, 1.54) is 11.8 Å². The monoisotopic (exact) mass is 381 g/mol. The van der Waals surface area contributed by atoms with E-state index in [1.54, 1.807) is 38.4 Å². The second-order valence-electron chi connectivity index (χ2n) is 6.52. The van der Waals surface area contributed by atoms with Crippen molar-refractivity contribution in [3.8, 4) is 0 Å². The summed E-state index contributed by atoms with van der Waals surface area (Å²) in [5.41, 5.74) is -0.603. The van der Waals surface area contributed by atoms with E-state index in [0.717, 1.165) is 10.6 Å². The van der Waals surface area contributed by atoms with Crippen LogP contribution < -0.4 is 5.32 Å². The standard InChI is InChI=1S/C18H23NO4S2/c1-18(2,3)23-17(21)19-15(10-14-7-5-9-25-14)16(20)12-24-11-13-6-4-8-22-13/h4-9,15H,10-12H2,1-3H3,(H,19,21). The molecule has 0 radical (unpaired) electrons. The van der Waals surface area contributed by atoms with Gasteiger partial charge in [0.1, 0.15) is 11.4 Å². The smallest absolute Gasteiger partial charge is 0.408 e. The summed E-state index contributed by atoms with van der Waals surface area (Å²) in [4.78, 5) is 25.7. The first-order valence-electron chi connectivity index (χ1n) is 7.98. The van der Waals surface area contributed by atoms with E-state index >= 15 is 0 Å². The lowest BCUT2D eigenvalue weighted by Gasteiger charge is -2.23. The second-order valence-corrected chi connectivity index (χ2v) is 8.54. The van der Waals surface area contributed by atoms with Gasteiger partial charge in [-0.2, -0.15) is 0 Å². The van der Waals surface area contributed by atoms with Gasteiger partial charge in [-0.1, -0.05) is 6.07 Å². The quantitative estimate of drug-likeness (QED) is 0.739. The Morgan fingerprint density at radius 3 is 2.72 bits per heavy atom. The molecule has 7 heteroatoms. The maximum absolute atomic E-state index is 12.6. The fourth-order valence-electron chi connectivity index (χ4n) is 2.07. The van der Waals surface area contributed by atoms with Crippen LogP contribution in [-0.2, 0) is 21.7 Å². The van der Waals surface area contributed by atoms with Gasteiger partial charge < -0.3 is 14.5 Å². The zero-order chi connectivity index (χ0) is 18.3. The molecule has 1 unspecified atom stereocenters. The number of hydrogen-bond acceptors (Lipinski definition) is 6. The number of alkyl carbamates (subject to hydrolysis) is 1. The Hall–Kier alpha value is -1.73. The average molecular weight is 382 g/mol. The number of nitrogens with one attached hydrogen (secondary N) is 1. The van der Waals surface area contributed by atoms with Gasteiger partial charge in [0.25, 0.3) is 0 Å². The van der Waals surface area contributed by atoms with Crippen LogP contribution in [0.2, 0.25) is 0 Å². The number of hydrogen-bond donors (Lipinski definition) is 1. The van der Waals surface area contributed by atoms with E-state index in [9.17, 15) is 9.59 Å². The lowest BCUT2D eigenvalue weighted by atomic mass is 10.1. The molecule has 136 valence electrons. The van der Waals surface area contributed by atoms with Gasteiger partial charge >= 0.3 is 6.09 Å². The summed E-state index contributed by atoms with van der Waals surface area (Å²) in [6.45, 7) is 5.38. The molecule has 0 aliphatic heterocycles. The van der Waals surface area contributed by atoms with Gasteiger partial charge in [0.05, 0.1) is 23.8 Å². The third-order valence-corrected chi connectivity index (χ3v) is 5.01. The first-order chi connectivity index (χ1) is 11.8. The minimum Gasteiger partial charge on any atom is -0.468 e. The van der Waals surface area contributed by atoms with Gasteiger partial charge in [0, 0.05) is 11.3 Å². The molecule has 0 fully saturated rings. The van der Waals surface area contributed by atoms with Gasteiger partial charge in [-0.05, 0) is 44.4 Å². The topological polar surface area (TPSA) is 68.5 Å². The van der Waals surface area contributed by atoms with Crippen molar-refractivity contribution in [3.63, 3.8) is 0 Å². The van der Waals surface area contributed by atoms with Crippen LogP contribution >= 0.6 is 23.1 Å². The number of furan rings is 1. The van der Waals surface area contributed by atoms with E-state index in [-0.39, 0.29) is 5.78 Å². The van der Waals surface area contributed by atoms with Crippen LogP contribution in [-0.4, -0.2) is 29.3 Å². The third-order valence-electron chi connectivity index (χ3n) is 3.13. The van der Waals surface area contributed by atoms with Crippen molar-refractivity contribution in [2.45, 2.75) is 44.6 Å². The van der Waals surface area contributed by atoms with Crippen LogP contribution in [0.3, 0.4) is 0 Å². The highest BCUT2D eigenvalue weighted by Crippen LogP contribution is 2.16. The van der Waals surface area contributed by atoms with Crippen LogP contribution in [0.15, 0.2) is 40.3 Å². The Balaban J connectivity index is 1.92. The Labute approximate surface area is 156 Å². The highest BCUT2D eigenvalue weighted by Gasteiger charge is 2.24. The number of thiophene rings is 1. The van der Waals surface area contributed by atoms with Crippen molar-refractivity contribution in [3.05, 3.63) is 46.5 Å². The fraction of sp³-hybridized carbons (Fsp3) is 0.444. The second kappa shape index (κ2) is 9.10. The van der Waals surface area contributed by atoms with E-state index < -0.39 is 17.7 Å². The molecule has 1 amide bonds. The van der Waals surface area contributed by atoms with Gasteiger partial charge in [-0.25, -0.2) is 4.79 Å². The number of thioether (sulfide) groups is 1. The fourth-order valence-corrected chi connectivity index (χ4v) is 3.69. The summed E-state index contributed by atoms with van der Waals surface area (Å²) in [5.74, 6) is 1.72. The van der Waals surface area contributed by atoms with E-state index in [0.29, 0.717) is 17.9 Å². The Bertz CT molecular complexity index is 660. The van der Waals surface area contributed by atoms with Crippen LogP contribution in [0.5, 0.6) is 0 Å². The number of carbonyl (C=O) groups excluding carboxylic acids is 2. The molecule has 5 nitrogen and oxygen atoms in total. The first-order valence-corrected chi connectivity index (χ1v) is 10.0. The zero-order valence-corrected chi connectivity index (χ0v) is 16.2. The molecular weight excluding hydrogens is 358 g/mol. The SMILES string of the molecule is CC(C)(C)OC(=O)NC(Cc1cccs1)C(=O)CSCc1ccco1. The first kappa shape index (κ1) is 19.6. The lowest BCUT2D eigenvalue weighted by Crippen LogP contribution is -2.45. The van der Waals surface area contributed by atoms with Gasteiger partial charge in [-0.15, -0.1) is 23.1 Å². The predicted octanol–water partition coefficient (Wildman–Crippen LogP) is 4.28. The van der Waals surface area contributed by atoms with Crippen LogP contribution in [0, 0.1) is 0 Å². The highest BCUT2D eigenvalue weighted by molar-refractivity contribution is 7.99. The van der Waals surface area contributed by atoms with Gasteiger partial charge in [0.15, 0.2) is 5.78 Å². The Morgan fingerprint density at radius 2 is 2.12 bits per heavy atom. The Morgan fingerprint density at radius 1 is 1.32 bits per heavy atom. The number of ketones is 1. The third kappa shape index (κ3) is 7.36. The van der Waals surface area contributed by atoms with E-state index in [1.807, 2.05) is 29.6 Å². The van der Waals surface area contributed by atoms with Crippen molar-refractivity contribution >= 4 is 35.0 Å². The summed E-state index contributed by atoms with van der Waals surface area (Å²) in [6, 6.07) is 6.98. The summed E-state index contributed by atoms with van der Waals surface area (Å²) >= 11 is 3.03. The van der Waals surface area contributed by atoms with E-state index in [2.05, 4.69) is 5.32 Å². The highest BCUT2D eigenvalue weighted by atomic mass is 32.2. The van der Waals surface area contributed by atoms with E-state index in [4.69, 9.17) is 9.15 Å². The maximum atomic E-state index is 12.6. The summed E-state index contributed by atoms with van der Waals surface area (Å²) < 4.78 is 10.5. The molecule has 1 atom stereocenters. The van der Waals surface area contributed by atoms with Crippen LogP contribution in [0.1, 0.15) is 31.4 Å². The molecule has 0 saturated heterocycles. The summed E-state index contributed by atoms with van der Waals surface area (Å²) in [6.07, 6.45) is 1.51. The van der Waals surface area contributed by atoms with Gasteiger partial charge in [0.2, 0.25) is 0 Å².